The predicted octanol–water partition coefficient (Wildman–Crippen LogP) is 3.07. The van der Waals surface area contributed by atoms with Crippen LogP contribution in [-0.2, 0) is 19.1 Å². The van der Waals surface area contributed by atoms with Crippen LogP contribution in [-0.4, -0.2) is 35.6 Å². The van der Waals surface area contributed by atoms with Crippen LogP contribution in [0.2, 0.25) is 0 Å². The maximum Gasteiger partial charge on any atom is 0.334 e. The molecule has 0 radical (unpaired) electrons. The molecule has 7 nitrogen and oxygen atoms in total. The van der Waals surface area contributed by atoms with Crippen molar-refractivity contribution in [3.63, 3.8) is 0 Å². The van der Waals surface area contributed by atoms with Crippen LogP contribution in [0.3, 0.4) is 0 Å². The second-order valence-corrected chi connectivity index (χ2v) is 6.49. The highest BCUT2D eigenvalue weighted by atomic mass is 16.6. The molecule has 140 valence electrons. The van der Waals surface area contributed by atoms with Crippen LogP contribution in [0.4, 0.5) is 0 Å². The average molecular weight is 353 g/mol. The summed E-state index contributed by atoms with van der Waals surface area (Å²) in [7, 11) is 0. The molecule has 0 amide bonds. The van der Waals surface area contributed by atoms with E-state index < -0.39 is 23.4 Å². The Hall–Kier alpha value is -2.18. The third kappa shape index (κ3) is 5.14. The number of hydrogen-bond acceptors (Lipinski definition) is 6. The molecule has 0 saturated heterocycles. The van der Waals surface area contributed by atoms with Crippen LogP contribution in [0.15, 0.2) is 23.8 Å². The van der Waals surface area contributed by atoms with Gasteiger partial charge in [-0.15, -0.1) is 0 Å². The van der Waals surface area contributed by atoms with Crippen LogP contribution in [0.1, 0.15) is 47.0 Å². The first-order chi connectivity index (χ1) is 11.8. The Bertz CT molecular complexity index is 566. The van der Waals surface area contributed by atoms with Gasteiger partial charge in [0.15, 0.2) is 0 Å². The SMILES string of the molecule is CCOC(=O)/C=C/C[C@]1([N+](=O)[O-])CC=C(C(=O)OCC)[C@H]1CC(C)C. The number of ether oxygens (including phenoxy) is 2. The predicted molar refractivity (Wildman–Crippen MR) is 92.4 cm³/mol. The smallest absolute Gasteiger partial charge is 0.334 e. The van der Waals surface area contributed by atoms with Crippen molar-refractivity contribution in [3.05, 3.63) is 33.9 Å². The summed E-state index contributed by atoms with van der Waals surface area (Å²) >= 11 is 0. The molecule has 1 rings (SSSR count). The van der Waals surface area contributed by atoms with Crippen LogP contribution < -0.4 is 0 Å². The molecule has 0 N–H and O–H groups in total. The van der Waals surface area contributed by atoms with Crippen LogP contribution in [0, 0.1) is 22.0 Å². The van der Waals surface area contributed by atoms with Gasteiger partial charge in [0, 0.05) is 29.4 Å². The van der Waals surface area contributed by atoms with Crippen molar-refractivity contribution in [1.82, 2.24) is 0 Å². The molecule has 0 aromatic heterocycles. The highest BCUT2D eigenvalue weighted by molar-refractivity contribution is 5.90. The van der Waals surface area contributed by atoms with E-state index in [9.17, 15) is 19.7 Å². The van der Waals surface area contributed by atoms with Crippen molar-refractivity contribution in [2.24, 2.45) is 11.8 Å². The molecule has 0 aromatic rings. The maximum atomic E-state index is 12.2. The van der Waals surface area contributed by atoms with E-state index in [1.807, 2.05) is 13.8 Å². The summed E-state index contributed by atoms with van der Waals surface area (Å²) in [6.07, 6.45) is 4.98. The standard InChI is InChI=1S/C18H27NO6/c1-5-24-16(20)8-7-10-18(19(22)23)11-9-14(17(21)25-6-2)15(18)12-13(3)4/h7-9,13,15H,5-6,10-12H2,1-4H3/b8-7+/t15-,18+/m1/s1. The Kier molecular flexibility index (Phi) is 7.80. The molecule has 0 unspecified atom stereocenters. The van der Waals surface area contributed by atoms with Crippen LogP contribution in [0.25, 0.3) is 0 Å². The summed E-state index contributed by atoms with van der Waals surface area (Å²) in [5.74, 6) is -1.40. The molecule has 7 heteroatoms. The number of hydrogen-bond donors (Lipinski definition) is 0. The van der Waals surface area contributed by atoms with Gasteiger partial charge in [0.25, 0.3) is 0 Å². The quantitative estimate of drug-likeness (QED) is 0.273. The zero-order valence-corrected chi connectivity index (χ0v) is 15.3. The molecule has 1 aliphatic rings. The molecule has 0 bridgehead atoms. The molecule has 0 fully saturated rings. The minimum atomic E-state index is -1.34. The molecule has 0 spiro atoms. The van der Waals surface area contributed by atoms with Gasteiger partial charge in [0.05, 0.1) is 19.1 Å². The van der Waals surface area contributed by atoms with Gasteiger partial charge in [-0.1, -0.05) is 26.0 Å². The largest absolute Gasteiger partial charge is 0.463 e. The van der Waals surface area contributed by atoms with Crippen molar-refractivity contribution in [2.45, 2.75) is 52.5 Å². The van der Waals surface area contributed by atoms with E-state index in [0.717, 1.165) is 0 Å². The van der Waals surface area contributed by atoms with Crippen molar-refractivity contribution in [3.8, 4) is 0 Å². The fraction of sp³-hybridized carbons (Fsp3) is 0.667. The first-order valence-corrected chi connectivity index (χ1v) is 8.63. The van der Waals surface area contributed by atoms with Crippen molar-refractivity contribution in [2.75, 3.05) is 13.2 Å². The molecule has 25 heavy (non-hydrogen) atoms. The molecule has 0 aromatic carbocycles. The zero-order valence-electron chi connectivity index (χ0n) is 15.3. The van der Waals surface area contributed by atoms with Crippen LogP contribution >= 0.6 is 0 Å². The maximum absolute atomic E-state index is 12.2. The summed E-state index contributed by atoms with van der Waals surface area (Å²) < 4.78 is 9.86. The van der Waals surface area contributed by atoms with Crippen LogP contribution in [0.5, 0.6) is 0 Å². The van der Waals surface area contributed by atoms with E-state index in [1.165, 1.54) is 12.2 Å². The molecule has 0 heterocycles. The first kappa shape index (κ1) is 20.9. The Balaban J connectivity index is 3.08. The minimum absolute atomic E-state index is 0.0512. The number of carbonyl (C=O) groups excluding carboxylic acids is 2. The number of esters is 2. The van der Waals surface area contributed by atoms with E-state index >= 15 is 0 Å². The third-order valence-corrected chi connectivity index (χ3v) is 4.29. The highest BCUT2D eigenvalue weighted by Gasteiger charge is 2.55. The van der Waals surface area contributed by atoms with Gasteiger partial charge in [0.2, 0.25) is 5.54 Å². The van der Waals surface area contributed by atoms with Gasteiger partial charge in [-0.3, -0.25) is 10.1 Å². The molecule has 1 aliphatic carbocycles. The minimum Gasteiger partial charge on any atom is -0.463 e. The van der Waals surface area contributed by atoms with Crippen molar-refractivity contribution in [1.29, 1.82) is 0 Å². The van der Waals surface area contributed by atoms with E-state index in [2.05, 4.69) is 0 Å². The number of nitrogens with zero attached hydrogens (tertiary/aromatic N) is 1. The van der Waals surface area contributed by atoms with Gasteiger partial charge >= 0.3 is 11.9 Å². The van der Waals surface area contributed by atoms with E-state index in [-0.39, 0.29) is 36.9 Å². The molecule has 0 saturated carbocycles. The zero-order chi connectivity index (χ0) is 19.0. The Morgan fingerprint density at radius 1 is 1.36 bits per heavy atom. The number of nitro groups is 1. The lowest BCUT2D eigenvalue weighted by atomic mass is 9.76. The first-order valence-electron chi connectivity index (χ1n) is 8.63. The van der Waals surface area contributed by atoms with Gasteiger partial charge in [0.1, 0.15) is 0 Å². The van der Waals surface area contributed by atoms with Crippen molar-refractivity contribution < 1.29 is 24.0 Å². The van der Waals surface area contributed by atoms with E-state index in [0.29, 0.717) is 12.0 Å². The van der Waals surface area contributed by atoms with Gasteiger partial charge in [-0.25, -0.2) is 9.59 Å². The van der Waals surface area contributed by atoms with E-state index in [4.69, 9.17) is 9.47 Å². The normalized spacial score (nSPS) is 22.9. The summed E-state index contributed by atoms with van der Waals surface area (Å²) in [6, 6.07) is 0. The third-order valence-electron chi connectivity index (χ3n) is 4.29. The summed E-state index contributed by atoms with van der Waals surface area (Å²) in [5.41, 5.74) is -0.966. The molecule has 0 aliphatic heterocycles. The van der Waals surface area contributed by atoms with Gasteiger partial charge < -0.3 is 9.47 Å². The number of carbonyl (C=O) groups is 2. The molecule has 2 atom stereocenters. The van der Waals surface area contributed by atoms with E-state index in [1.54, 1.807) is 19.9 Å². The lowest BCUT2D eigenvalue weighted by Gasteiger charge is -2.29. The molecular weight excluding hydrogens is 326 g/mol. The average Bonchev–Trinajstić information content (AvgIpc) is 2.87. The second kappa shape index (κ2) is 9.34. The molecular formula is C18H27NO6. The highest BCUT2D eigenvalue weighted by Crippen LogP contribution is 2.44. The summed E-state index contributed by atoms with van der Waals surface area (Å²) in [5, 5.41) is 11.9. The second-order valence-electron chi connectivity index (χ2n) is 6.49. The van der Waals surface area contributed by atoms with Gasteiger partial charge in [-0.05, 0) is 26.2 Å². The fourth-order valence-corrected chi connectivity index (χ4v) is 3.17. The Morgan fingerprint density at radius 3 is 2.52 bits per heavy atom. The Labute approximate surface area is 148 Å². The van der Waals surface area contributed by atoms with Crippen molar-refractivity contribution >= 4 is 11.9 Å². The topological polar surface area (TPSA) is 95.7 Å². The number of rotatable bonds is 9. The monoisotopic (exact) mass is 353 g/mol. The lowest BCUT2D eigenvalue weighted by molar-refractivity contribution is -0.576. The fourth-order valence-electron chi connectivity index (χ4n) is 3.17. The lowest BCUT2D eigenvalue weighted by Crippen LogP contribution is -2.44. The Morgan fingerprint density at radius 2 is 2.00 bits per heavy atom. The summed E-state index contributed by atoms with van der Waals surface area (Å²) in [6.45, 7) is 7.77. The van der Waals surface area contributed by atoms with Gasteiger partial charge in [-0.2, -0.15) is 0 Å². The summed E-state index contributed by atoms with van der Waals surface area (Å²) in [4.78, 5) is 35.2.